The molecule has 6 unspecified atom stereocenters. The van der Waals surface area contributed by atoms with Gasteiger partial charge in [-0.05, 0) is 5.92 Å². The van der Waals surface area contributed by atoms with E-state index in [1.54, 1.807) is 13.8 Å². The summed E-state index contributed by atoms with van der Waals surface area (Å²) in [6.45, 7) is 1.88. The molecule has 3 aliphatic heterocycles. The molecule has 15 heteroatoms. The predicted octanol–water partition coefficient (Wildman–Crippen LogP) is -5.87. The second-order valence-electron chi connectivity index (χ2n) is 9.73. The van der Waals surface area contributed by atoms with Crippen molar-refractivity contribution < 1.29 is 74.7 Å². The van der Waals surface area contributed by atoms with Gasteiger partial charge in [-0.1, -0.05) is 13.8 Å². The van der Waals surface area contributed by atoms with Gasteiger partial charge < -0.3 is 74.7 Å². The molecule has 0 spiro atoms. The van der Waals surface area contributed by atoms with Gasteiger partial charge in [-0.2, -0.15) is 0 Å². The van der Waals surface area contributed by atoms with E-state index in [-0.39, 0.29) is 5.92 Å². The van der Waals surface area contributed by atoms with Gasteiger partial charge in [0.25, 0.3) is 0 Å². The van der Waals surface area contributed by atoms with Crippen LogP contribution in [0.3, 0.4) is 0 Å². The van der Waals surface area contributed by atoms with E-state index in [2.05, 4.69) is 0 Å². The Hall–Kier alpha value is -0.600. The zero-order valence-electron chi connectivity index (χ0n) is 19.9. The first kappa shape index (κ1) is 29.9. The largest absolute Gasteiger partial charge is 0.394 e. The van der Waals surface area contributed by atoms with Crippen molar-refractivity contribution in [1.82, 2.24) is 0 Å². The fourth-order valence-electron chi connectivity index (χ4n) is 4.44. The molecular formula is C21H38O15. The summed E-state index contributed by atoms with van der Waals surface area (Å²) in [5, 5.41) is 100. The molecule has 3 rings (SSSR count). The normalized spacial score (nSPS) is 50.4. The lowest BCUT2D eigenvalue weighted by Gasteiger charge is -2.44. The molecule has 0 bridgehead atoms. The predicted molar refractivity (Wildman–Crippen MR) is 114 cm³/mol. The molecule has 0 aromatic heterocycles. The van der Waals surface area contributed by atoms with E-state index >= 15 is 0 Å². The van der Waals surface area contributed by atoms with Crippen LogP contribution in [0, 0.1) is 5.92 Å². The maximum absolute atomic E-state index is 10.3. The summed E-state index contributed by atoms with van der Waals surface area (Å²) in [6.07, 6.45) is -22.0. The van der Waals surface area contributed by atoms with Crippen LogP contribution in [0.2, 0.25) is 0 Å². The van der Waals surface area contributed by atoms with Crippen molar-refractivity contribution >= 4 is 0 Å². The average molecular weight is 531 g/mol. The van der Waals surface area contributed by atoms with E-state index in [0.29, 0.717) is 0 Å². The first-order chi connectivity index (χ1) is 16.9. The van der Waals surface area contributed by atoms with Crippen molar-refractivity contribution in [3.8, 4) is 0 Å². The second-order valence-corrected chi connectivity index (χ2v) is 9.73. The lowest BCUT2D eigenvalue weighted by molar-refractivity contribution is -0.336. The molecule has 3 saturated heterocycles. The molecule has 212 valence electrons. The lowest BCUT2D eigenvalue weighted by Crippen LogP contribution is -2.62. The Morgan fingerprint density at radius 3 is 1.36 bits per heavy atom. The van der Waals surface area contributed by atoms with E-state index in [1.165, 1.54) is 0 Å². The van der Waals surface area contributed by atoms with E-state index in [9.17, 15) is 51.1 Å². The summed E-state index contributed by atoms with van der Waals surface area (Å²) in [6, 6.07) is 0. The lowest BCUT2D eigenvalue weighted by atomic mass is 9.89. The zero-order chi connectivity index (χ0) is 26.9. The SMILES string of the molecule is CC(C)[C@@H]1OC(CO[C@@H]2OC(CO[C@@H]3OC(CO)[C@H](O)[C@H](O)C3O)[C@H](O)[C@H](O)C2O)[C@H](O)[C@H](O)C1O. The van der Waals surface area contributed by atoms with Crippen LogP contribution in [0.15, 0.2) is 0 Å². The highest BCUT2D eigenvalue weighted by Crippen LogP contribution is 2.29. The van der Waals surface area contributed by atoms with Crippen molar-refractivity contribution in [2.45, 2.75) is 106 Å². The molecule has 10 N–H and O–H groups in total. The first-order valence-electron chi connectivity index (χ1n) is 11.8. The highest BCUT2D eigenvalue weighted by atomic mass is 16.7. The summed E-state index contributed by atoms with van der Waals surface area (Å²) in [4.78, 5) is 0. The highest BCUT2D eigenvalue weighted by molar-refractivity contribution is 4.94. The fourth-order valence-corrected chi connectivity index (χ4v) is 4.44. The molecule has 0 aromatic carbocycles. The summed E-state index contributed by atoms with van der Waals surface area (Å²) >= 11 is 0. The van der Waals surface area contributed by atoms with Gasteiger partial charge in [-0.3, -0.25) is 0 Å². The molecule has 0 aliphatic carbocycles. The molecule has 0 amide bonds. The van der Waals surface area contributed by atoms with Crippen LogP contribution >= 0.6 is 0 Å². The molecule has 3 heterocycles. The van der Waals surface area contributed by atoms with Crippen LogP contribution in [0.25, 0.3) is 0 Å². The summed E-state index contributed by atoms with van der Waals surface area (Å²) in [5.74, 6) is -0.206. The Morgan fingerprint density at radius 1 is 0.528 bits per heavy atom. The molecule has 3 fully saturated rings. The quantitative estimate of drug-likeness (QED) is 0.140. The number of aliphatic hydroxyl groups excluding tert-OH is 10. The Labute approximate surface area is 207 Å². The maximum Gasteiger partial charge on any atom is 0.186 e. The van der Waals surface area contributed by atoms with E-state index in [4.69, 9.17) is 23.7 Å². The van der Waals surface area contributed by atoms with Crippen LogP contribution in [-0.2, 0) is 23.7 Å². The van der Waals surface area contributed by atoms with Crippen molar-refractivity contribution in [2.75, 3.05) is 19.8 Å². The standard InChI is InChI=1S/C21H38O15/c1-6(2)19-16(29)13(26)11(24)8(34-19)4-32-21-18(31)15(28)12(25)9(36-21)5-33-20-17(30)14(27)10(23)7(3-22)35-20/h6-31H,3-5H2,1-2H3/t7?,8?,9?,10-,11-,12-,13-,14-,15-,16?,17?,18?,19-,20+,21+/m0/s1. The third-order valence-electron chi connectivity index (χ3n) is 6.77. The van der Waals surface area contributed by atoms with Crippen LogP contribution < -0.4 is 0 Å². The van der Waals surface area contributed by atoms with E-state index in [1.807, 2.05) is 0 Å². The summed E-state index contributed by atoms with van der Waals surface area (Å²) < 4.78 is 27.2. The van der Waals surface area contributed by atoms with Crippen molar-refractivity contribution in [3.05, 3.63) is 0 Å². The van der Waals surface area contributed by atoms with Gasteiger partial charge in [0.15, 0.2) is 12.6 Å². The third kappa shape index (κ3) is 6.17. The van der Waals surface area contributed by atoms with Crippen molar-refractivity contribution in [3.63, 3.8) is 0 Å². The van der Waals surface area contributed by atoms with Crippen LogP contribution in [0.4, 0.5) is 0 Å². The second kappa shape index (κ2) is 12.5. The van der Waals surface area contributed by atoms with Gasteiger partial charge >= 0.3 is 0 Å². The van der Waals surface area contributed by atoms with Gasteiger partial charge in [-0.15, -0.1) is 0 Å². The zero-order valence-corrected chi connectivity index (χ0v) is 19.9. The molecule has 0 saturated carbocycles. The van der Waals surface area contributed by atoms with E-state index in [0.717, 1.165) is 0 Å². The first-order valence-corrected chi connectivity index (χ1v) is 11.8. The van der Waals surface area contributed by atoms with Crippen molar-refractivity contribution in [1.29, 1.82) is 0 Å². The minimum atomic E-state index is -1.75. The van der Waals surface area contributed by atoms with Crippen LogP contribution in [0.1, 0.15) is 13.8 Å². The Morgan fingerprint density at radius 2 is 0.917 bits per heavy atom. The van der Waals surface area contributed by atoms with Crippen LogP contribution in [-0.4, -0.2) is 163 Å². The number of hydrogen-bond donors (Lipinski definition) is 10. The fraction of sp³-hybridized carbons (Fsp3) is 1.00. The van der Waals surface area contributed by atoms with E-state index < -0.39 is 112 Å². The summed E-state index contributed by atoms with van der Waals surface area (Å²) in [7, 11) is 0. The molecule has 15 atom stereocenters. The van der Waals surface area contributed by atoms with Gasteiger partial charge in [0.05, 0.1) is 25.9 Å². The maximum atomic E-state index is 10.3. The average Bonchev–Trinajstić information content (AvgIpc) is 2.85. The molecule has 36 heavy (non-hydrogen) atoms. The number of hydrogen-bond acceptors (Lipinski definition) is 15. The van der Waals surface area contributed by atoms with Crippen molar-refractivity contribution in [2.24, 2.45) is 5.92 Å². The topological polar surface area (TPSA) is 248 Å². The smallest absolute Gasteiger partial charge is 0.186 e. The minimum absolute atomic E-state index is 0.206. The number of aliphatic hydroxyl groups is 10. The van der Waals surface area contributed by atoms with Gasteiger partial charge in [0.1, 0.15) is 73.2 Å². The number of ether oxygens (including phenoxy) is 5. The molecule has 0 aromatic rings. The van der Waals surface area contributed by atoms with Gasteiger partial charge in [0.2, 0.25) is 0 Å². The monoisotopic (exact) mass is 530 g/mol. The molecule has 3 aliphatic rings. The Kier molecular flexibility index (Phi) is 10.4. The Balaban J connectivity index is 1.60. The van der Waals surface area contributed by atoms with Crippen LogP contribution in [0.5, 0.6) is 0 Å². The minimum Gasteiger partial charge on any atom is -0.394 e. The highest BCUT2D eigenvalue weighted by Gasteiger charge is 2.49. The number of rotatable bonds is 8. The van der Waals surface area contributed by atoms with Gasteiger partial charge in [0, 0.05) is 0 Å². The Bertz CT molecular complexity index is 682. The summed E-state index contributed by atoms with van der Waals surface area (Å²) in [5.41, 5.74) is 0. The van der Waals surface area contributed by atoms with Gasteiger partial charge in [-0.25, -0.2) is 0 Å². The third-order valence-corrected chi connectivity index (χ3v) is 6.77. The molecular weight excluding hydrogens is 492 g/mol. The molecule has 0 radical (unpaired) electrons. The molecule has 15 nitrogen and oxygen atoms in total.